The summed E-state index contributed by atoms with van der Waals surface area (Å²) in [7, 11) is 1.57. The molecular weight excluding hydrogens is 361 g/mol. The normalized spacial score (nSPS) is 10.4. The molecule has 0 aliphatic carbocycles. The number of ether oxygens (including phenoxy) is 1. The molecule has 8 heteroatoms. The lowest BCUT2D eigenvalue weighted by molar-refractivity contribution is 0.416. The second kappa shape index (κ2) is 7.55. The van der Waals surface area contributed by atoms with Gasteiger partial charge in [-0.05, 0) is 36.8 Å². The molecule has 0 aliphatic heterocycles. The summed E-state index contributed by atoms with van der Waals surface area (Å²) in [5, 5.41) is 15.4. The van der Waals surface area contributed by atoms with Crippen molar-refractivity contribution in [1.29, 1.82) is 0 Å². The van der Waals surface area contributed by atoms with E-state index in [2.05, 4.69) is 25.8 Å². The quantitative estimate of drug-likeness (QED) is 0.654. The van der Waals surface area contributed by atoms with E-state index in [0.29, 0.717) is 33.2 Å². The summed E-state index contributed by atoms with van der Waals surface area (Å²) < 4.78 is 5.34. The Morgan fingerprint density at radius 2 is 1.92 bits per heavy atom. The number of anilines is 4. The number of halogens is 2. The van der Waals surface area contributed by atoms with Gasteiger partial charge in [-0.25, -0.2) is 0 Å². The molecule has 1 heterocycles. The van der Waals surface area contributed by atoms with Crippen LogP contribution in [0.5, 0.6) is 5.75 Å². The lowest BCUT2D eigenvalue weighted by atomic mass is 10.2. The minimum absolute atomic E-state index is 0.326. The molecule has 1 aromatic heterocycles. The first kappa shape index (κ1) is 17.3. The van der Waals surface area contributed by atoms with Crippen LogP contribution in [-0.2, 0) is 0 Å². The second-order valence-electron chi connectivity index (χ2n) is 5.23. The van der Waals surface area contributed by atoms with Crippen LogP contribution in [0.15, 0.2) is 42.6 Å². The third-order valence-corrected chi connectivity index (χ3v) is 4.03. The summed E-state index contributed by atoms with van der Waals surface area (Å²) in [6.07, 6.45) is 1.52. The maximum absolute atomic E-state index is 6.12. The van der Waals surface area contributed by atoms with Gasteiger partial charge in [-0.3, -0.25) is 0 Å². The van der Waals surface area contributed by atoms with Crippen LogP contribution < -0.4 is 15.4 Å². The van der Waals surface area contributed by atoms with Gasteiger partial charge in [0, 0.05) is 21.8 Å². The van der Waals surface area contributed by atoms with Crippen molar-refractivity contribution in [2.75, 3.05) is 17.7 Å². The van der Waals surface area contributed by atoms with Crippen molar-refractivity contribution in [3.05, 3.63) is 58.2 Å². The highest BCUT2D eigenvalue weighted by molar-refractivity contribution is 6.31. The Labute approximate surface area is 155 Å². The number of benzene rings is 2. The monoisotopic (exact) mass is 375 g/mol. The van der Waals surface area contributed by atoms with E-state index in [9.17, 15) is 0 Å². The maximum Gasteiger partial charge on any atom is 0.249 e. The Hall–Kier alpha value is -2.57. The molecule has 0 atom stereocenters. The highest BCUT2D eigenvalue weighted by atomic mass is 35.5. The zero-order chi connectivity index (χ0) is 17.8. The molecule has 0 aliphatic rings. The summed E-state index contributed by atoms with van der Waals surface area (Å²) in [6.45, 7) is 1.91. The van der Waals surface area contributed by atoms with E-state index in [0.717, 1.165) is 11.3 Å². The van der Waals surface area contributed by atoms with Gasteiger partial charge in [0.25, 0.3) is 0 Å². The van der Waals surface area contributed by atoms with Crippen LogP contribution in [0.25, 0.3) is 0 Å². The van der Waals surface area contributed by atoms with Crippen LogP contribution in [0.2, 0.25) is 10.0 Å². The van der Waals surface area contributed by atoms with Crippen molar-refractivity contribution in [2.45, 2.75) is 6.92 Å². The SMILES string of the molecule is COc1cc(Cl)c(C)cc1Nc1nncc(Nc2cccc(Cl)c2)n1. The van der Waals surface area contributed by atoms with E-state index in [4.69, 9.17) is 27.9 Å². The smallest absolute Gasteiger partial charge is 0.249 e. The molecule has 0 fully saturated rings. The zero-order valence-electron chi connectivity index (χ0n) is 13.5. The number of aromatic nitrogens is 3. The summed E-state index contributed by atoms with van der Waals surface area (Å²) >= 11 is 12.1. The Bertz CT molecular complexity index is 904. The van der Waals surface area contributed by atoms with Crippen molar-refractivity contribution in [1.82, 2.24) is 15.2 Å². The average molecular weight is 376 g/mol. The third kappa shape index (κ3) is 4.29. The van der Waals surface area contributed by atoms with Gasteiger partial charge in [0.05, 0.1) is 19.0 Å². The summed E-state index contributed by atoms with van der Waals surface area (Å²) in [5.74, 6) is 1.45. The van der Waals surface area contributed by atoms with Gasteiger partial charge in [-0.15, -0.1) is 5.10 Å². The molecule has 25 heavy (non-hydrogen) atoms. The van der Waals surface area contributed by atoms with E-state index < -0.39 is 0 Å². The van der Waals surface area contributed by atoms with Crippen LogP contribution in [0.4, 0.5) is 23.1 Å². The lowest BCUT2D eigenvalue weighted by Gasteiger charge is -2.12. The first-order valence-electron chi connectivity index (χ1n) is 7.38. The van der Waals surface area contributed by atoms with Crippen LogP contribution in [0.3, 0.4) is 0 Å². The van der Waals surface area contributed by atoms with Gasteiger partial charge in [0.2, 0.25) is 5.95 Å². The fourth-order valence-corrected chi connectivity index (χ4v) is 2.53. The molecule has 0 saturated carbocycles. The Morgan fingerprint density at radius 1 is 1.08 bits per heavy atom. The number of hydrogen-bond acceptors (Lipinski definition) is 6. The first-order chi connectivity index (χ1) is 12.0. The molecule has 3 rings (SSSR count). The molecule has 0 amide bonds. The zero-order valence-corrected chi connectivity index (χ0v) is 15.1. The molecule has 2 aromatic carbocycles. The van der Waals surface area contributed by atoms with E-state index in [1.54, 1.807) is 25.3 Å². The molecule has 2 N–H and O–H groups in total. The number of nitrogens with one attached hydrogen (secondary N) is 2. The standard InChI is InChI=1S/C17H15Cl2N5O/c1-10-6-14(15(25-2)8-13(10)19)22-17-23-16(9-20-24-17)21-12-5-3-4-11(18)7-12/h3-9H,1-2H3,(H2,21,22,23,24). The predicted molar refractivity (Wildman–Crippen MR) is 101 cm³/mol. The van der Waals surface area contributed by atoms with Gasteiger partial charge in [0.1, 0.15) is 5.75 Å². The van der Waals surface area contributed by atoms with Crippen molar-refractivity contribution in [3.63, 3.8) is 0 Å². The number of nitrogens with zero attached hydrogens (tertiary/aromatic N) is 3. The molecule has 3 aromatic rings. The number of methoxy groups -OCH3 is 1. The van der Waals surface area contributed by atoms with Gasteiger partial charge >= 0.3 is 0 Å². The molecular formula is C17H15Cl2N5O. The van der Waals surface area contributed by atoms with Gasteiger partial charge in [0.15, 0.2) is 5.82 Å². The molecule has 0 saturated heterocycles. The molecule has 0 unspecified atom stereocenters. The van der Waals surface area contributed by atoms with Gasteiger partial charge < -0.3 is 15.4 Å². The predicted octanol–water partition coefficient (Wildman–Crippen LogP) is 4.98. The minimum Gasteiger partial charge on any atom is -0.495 e. The number of rotatable bonds is 5. The van der Waals surface area contributed by atoms with Crippen LogP contribution in [0, 0.1) is 6.92 Å². The third-order valence-electron chi connectivity index (χ3n) is 3.38. The number of hydrogen-bond donors (Lipinski definition) is 2. The average Bonchev–Trinajstić information content (AvgIpc) is 2.58. The maximum atomic E-state index is 6.12. The largest absolute Gasteiger partial charge is 0.495 e. The van der Waals surface area contributed by atoms with Crippen LogP contribution >= 0.6 is 23.2 Å². The minimum atomic E-state index is 0.326. The van der Waals surface area contributed by atoms with Crippen molar-refractivity contribution in [2.24, 2.45) is 0 Å². The van der Waals surface area contributed by atoms with E-state index >= 15 is 0 Å². The molecule has 6 nitrogen and oxygen atoms in total. The summed E-state index contributed by atoms with van der Waals surface area (Å²) in [5.41, 5.74) is 2.41. The van der Waals surface area contributed by atoms with E-state index in [1.807, 2.05) is 25.1 Å². The van der Waals surface area contributed by atoms with Crippen molar-refractivity contribution < 1.29 is 4.74 Å². The fraction of sp³-hybridized carbons (Fsp3) is 0.118. The van der Waals surface area contributed by atoms with E-state index in [1.165, 1.54) is 6.20 Å². The number of aryl methyl sites for hydroxylation is 1. The topological polar surface area (TPSA) is 72.0 Å². The van der Waals surface area contributed by atoms with Gasteiger partial charge in [-0.2, -0.15) is 10.1 Å². The van der Waals surface area contributed by atoms with Gasteiger partial charge in [-0.1, -0.05) is 29.3 Å². The molecule has 128 valence electrons. The second-order valence-corrected chi connectivity index (χ2v) is 6.07. The van der Waals surface area contributed by atoms with E-state index in [-0.39, 0.29) is 0 Å². The summed E-state index contributed by atoms with van der Waals surface area (Å²) in [4.78, 5) is 4.39. The fourth-order valence-electron chi connectivity index (χ4n) is 2.18. The van der Waals surface area contributed by atoms with Crippen LogP contribution in [-0.4, -0.2) is 22.3 Å². The van der Waals surface area contributed by atoms with Crippen molar-refractivity contribution in [3.8, 4) is 5.75 Å². The van der Waals surface area contributed by atoms with Crippen LogP contribution in [0.1, 0.15) is 5.56 Å². The Morgan fingerprint density at radius 3 is 2.68 bits per heavy atom. The highest BCUT2D eigenvalue weighted by Gasteiger charge is 2.09. The lowest BCUT2D eigenvalue weighted by Crippen LogP contribution is -2.03. The highest BCUT2D eigenvalue weighted by Crippen LogP contribution is 2.32. The summed E-state index contributed by atoms with van der Waals surface area (Å²) in [6, 6.07) is 10.9. The Kier molecular flexibility index (Phi) is 5.21. The first-order valence-corrected chi connectivity index (χ1v) is 8.14. The molecule has 0 spiro atoms. The molecule has 0 radical (unpaired) electrons. The molecule has 0 bridgehead atoms. The van der Waals surface area contributed by atoms with Crippen molar-refractivity contribution >= 4 is 46.3 Å². The Balaban J connectivity index is 1.84.